The molecule has 4 rings (SSSR count). The summed E-state index contributed by atoms with van der Waals surface area (Å²) >= 11 is 0. The third-order valence-electron chi connectivity index (χ3n) is 5.23. The van der Waals surface area contributed by atoms with Crippen molar-refractivity contribution >= 4 is 11.7 Å². The molecule has 30 heavy (non-hydrogen) atoms. The molecule has 1 aliphatic rings. The van der Waals surface area contributed by atoms with Crippen molar-refractivity contribution in [2.45, 2.75) is 12.3 Å². The molecule has 8 nitrogen and oxygen atoms in total. The fraction of sp³-hybridized carbons (Fsp3) is 0.273. The van der Waals surface area contributed by atoms with Crippen LogP contribution in [-0.4, -0.2) is 43.9 Å². The van der Waals surface area contributed by atoms with E-state index in [4.69, 9.17) is 18.9 Å². The quantitative estimate of drug-likeness (QED) is 0.672. The van der Waals surface area contributed by atoms with E-state index in [2.05, 4.69) is 10.3 Å². The third-order valence-corrected chi connectivity index (χ3v) is 5.23. The number of nitrogens with one attached hydrogen (secondary N) is 1. The van der Waals surface area contributed by atoms with Gasteiger partial charge in [0, 0.05) is 24.0 Å². The Morgan fingerprint density at radius 3 is 2.50 bits per heavy atom. The average molecular weight is 409 g/mol. The molecule has 1 aliphatic heterocycles. The number of benzene rings is 2. The minimum atomic E-state index is -0.274. The zero-order valence-corrected chi connectivity index (χ0v) is 17.3. The second-order valence-corrected chi connectivity index (χ2v) is 6.77. The van der Waals surface area contributed by atoms with Gasteiger partial charge < -0.3 is 24.3 Å². The fourth-order valence-corrected chi connectivity index (χ4v) is 3.82. The zero-order valence-electron chi connectivity index (χ0n) is 17.3. The Balaban J connectivity index is 1.85. The van der Waals surface area contributed by atoms with Gasteiger partial charge in [-0.05, 0) is 18.2 Å². The van der Waals surface area contributed by atoms with E-state index in [1.807, 2.05) is 34.9 Å². The molecule has 3 aromatic rings. The average Bonchev–Trinajstić information content (AvgIpc) is 3.20. The Bertz CT molecular complexity index is 1090. The van der Waals surface area contributed by atoms with Gasteiger partial charge in [0.05, 0.1) is 39.8 Å². The largest absolute Gasteiger partial charge is 0.497 e. The van der Waals surface area contributed by atoms with E-state index in [0.29, 0.717) is 28.8 Å². The highest BCUT2D eigenvalue weighted by Crippen LogP contribution is 2.44. The van der Waals surface area contributed by atoms with E-state index in [9.17, 15) is 4.79 Å². The van der Waals surface area contributed by atoms with Gasteiger partial charge in [0.2, 0.25) is 5.91 Å². The number of carbonyl (C=O) groups is 1. The molecule has 0 saturated heterocycles. The molecular weight excluding hydrogens is 386 g/mol. The van der Waals surface area contributed by atoms with E-state index in [1.165, 1.54) is 0 Å². The zero-order chi connectivity index (χ0) is 21.3. The van der Waals surface area contributed by atoms with Crippen molar-refractivity contribution in [3.63, 3.8) is 0 Å². The van der Waals surface area contributed by atoms with Gasteiger partial charge in [-0.15, -0.1) is 0 Å². The molecule has 0 radical (unpaired) electrons. The van der Waals surface area contributed by atoms with Crippen LogP contribution in [0.1, 0.15) is 23.6 Å². The minimum Gasteiger partial charge on any atom is -0.497 e. The first kappa shape index (κ1) is 19.6. The van der Waals surface area contributed by atoms with Crippen LogP contribution in [0.3, 0.4) is 0 Å². The Morgan fingerprint density at radius 1 is 1.00 bits per heavy atom. The number of hydrogen-bond acceptors (Lipinski definition) is 6. The summed E-state index contributed by atoms with van der Waals surface area (Å²) in [6.45, 7) is 0. The number of para-hydroxylation sites is 1. The van der Waals surface area contributed by atoms with Gasteiger partial charge in [-0.1, -0.05) is 12.1 Å². The minimum absolute atomic E-state index is 0.105. The lowest BCUT2D eigenvalue weighted by Crippen LogP contribution is -2.25. The first-order valence-electron chi connectivity index (χ1n) is 9.41. The molecule has 1 aromatic heterocycles. The summed E-state index contributed by atoms with van der Waals surface area (Å²) in [5.41, 5.74) is 2.34. The predicted octanol–water partition coefficient (Wildman–Crippen LogP) is 3.38. The number of ether oxygens (including phenoxy) is 4. The Morgan fingerprint density at radius 2 is 1.80 bits per heavy atom. The standard InChI is InChI=1S/C22H23N3O5/c1-27-13-8-9-16(18(10-13)29-3)25-12-23-20-15(11-19(26)24-22(20)25)14-6-5-7-17(28-2)21(14)30-4/h5-10,12,15H,11H2,1-4H3,(H,24,26). The molecule has 1 amide bonds. The van der Waals surface area contributed by atoms with E-state index >= 15 is 0 Å². The number of hydrogen-bond donors (Lipinski definition) is 1. The van der Waals surface area contributed by atoms with Crippen LogP contribution in [0.4, 0.5) is 5.82 Å². The number of carbonyl (C=O) groups excluding carboxylic acids is 1. The second-order valence-electron chi connectivity index (χ2n) is 6.77. The maximum absolute atomic E-state index is 12.6. The first-order valence-corrected chi connectivity index (χ1v) is 9.41. The lowest BCUT2D eigenvalue weighted by Gasteiger charge is -2.25. The molecule has 156 valence electrons. The Hall–Kier alpha value is -3.68. The summed E-state index contributed by atoms with van der Waals surface area (Å²) in [6, 6.07) is 11.1. The molecular formula is C22H23N3O5. The van der Waals surface area contributed by atoms with Crippen molar-refractivity contribution in [2.24, 2.45) is 0 Å². The summed E-state index contributed by atoms with van der Waals surface area (Å²) in [5, 5.41) is 2.96. The predicted molar refractivity (Wildman–Crippen MR) is 111 cm³/mol. The van der Waals surface area contributed by atoms with Gasteiger partial charge in [0.25, 0.3) is 0 Å². The van der Waals surface area contributed by atoms with Crippen LogP contribution in [0.5, 0.6) is 23.0 Å². The molecule has 1 unspecified atom stereocenters. The number of anilines is 1. The summed E-state index contributed by atoms with van der Waals surface area (Å²) in [6.07, 6.45) is 1.94. The number of fused-ring (bicyclic) bond motifs is 1. The van der Waals surface area contributed by atoms with Gasteiger partial charge in [-0.2, -0.15) is 0 Å². The highest BCUT2D eigenvalue weighted by Gasteiger charge is 2.33. The molecule has 0 bridgehead atoms. The van der Waals surface area contributed by atoms with Gasteiger partial charge >= 0.3 is 0 Å². The smallest absolute Gasteiger partial charge is 0.226 e. The number of imidazole rings is 1. The highest BCUT2D eigenvalue weighted by atomic mass is 16.5. The van der Waals surface area contributed by atoms with Crippen molar-refractivity contribution in [3.05, 3.63) is 54.0 Å². The van der Waals surface area contributed by atoms with Crippen LogP contribution in [0.25, 0.3) is 5.69 Å². The van der Waals surface area contributed by atoms with E-state index < -0.39 is 0 Å². The third kappa shape index (κ3) is 3.20. The van der Waals surface area contributed by atoms with Crippen molar-refractivity contribution in [3.8, 4) is 28.7 Å². The molecule has 0 saturated carbocycles. The Labute approximate surface area is 174 Å². The van der Waals surface area contributed by atoms with Crippen LogP contribution >= 0.6 is 0 Å². The van der Waals surface area contributed by atoms with Crippen LogP contribution in [-0.2, 0) is 4.79 Å². The number of amides is 1. The lowest BCUT2D eigenvalue weighted by molar-refractivity contribution is -0.116. The van der Waals surface area contributed by atoms with Crippen LogP contribution < -0.4 is 24.3 Å². The van der Waals surface area contributed by atoms with Gasteiger partial charge in [-0.3, -0.25) is 9.36 Å². The molecule has 2 heterocycles. The number of methoxy groups -OCH3 is 4. The van der Waals surface area contributed by atoms with Crippen molar-refractivity contribution in [1.29, 1.82) is 0 Å². The topological polar surface area (TPSA) is 83.8 Å². The van der Waals surface area contributed by atoms with Crippen molar-refractivity contribution in [1.82, 2.24) is 9.55 Å². The van der Waals surface area contributed by atoms with Gasteiger partial charge in [0.1, 0.15) is 23.6 Å². The normalized spacial score (nSPS) is 15.2. The maximum atomic E-state index is 12.6. The van der Waals surface area contributed by atoms with Gasteiger partial charge in [0.15, 0.2) is 11.5 Å². The number of rotatable bonds is 6. The lowest BCUT2D eigenvalue weighted by atomic mass is 9.89. The van der Waals surface area contributed by atoms with E-state index in [-0.39, 0.29) is 18.2 Å². The summed E-state index contributed by atoms with van der Waals surface area (Å²) in [7, 11) is 6.36. The van der Waals surface area contributed by atoms with Crippen LogP contribution in [0, 0.1) is 0 Å². The van der Waals surface area contributed by atoms with Gasteiger partial charge in [-0.25, -0.2) is 4.98 Å². The molecule has 0 aliphatic carbocycles. The van der Waals surface area contributed by atoms with Crippen molar-refractivity contribution in [2.75, 3.05) is 33.8 Å². The Kier molecular flexibility index (Phi) is 5.22. The molecule has 2 aromatic carbocycles. The van der Waals surface area contributed by atoms with Crippen LogP contribution in [0.15, 0.2) is 42.7 Å². The molecule has 1 atom stereocenters. The highest BCUT2D eigenvalue weighted by molar-refractivity contribution is 5.94. The fourth-order valence-electron chi connectivity index (χ4n) is 3.82. The second kappa shape index (κ2) is 7.98. The van der Waals surface area contributed by atoms with E-state index in [1.54, 1.807) is 40.8 Å². The summed E-state index contributed by atoms with van der Waals surface area (Å²) in [4.78, 5) is 17.3. The molecule has 8 heteroatoms. The molecule has 0 spiro atoms. The molecule has 1 N–H and O–H groups in total. The summed E-state index contributed by atoms with van der Waals surface area (Å²) in [5.74, 6) is 2.71. The number of aromatic nitrogens is 2. The monoisotopic (exact) mass is 409 g/mol. The van der Waals surface area contributed by atoms with Crippen molar-refractivity contribution < 1.29 is 23.7 Å². The summed E-state index contributed by atoms with van der Waals surface area (Å²) < 4.78 is 23.6. The SMILES string of the molecule is COc1ccc(-n2cnc3c2NC(=O)CC3c2cccc(OC)c2OC)c(OC)c1. The molecule has 0 fully saturated rings. The number of nitrogens with zero attached hydrogens (tertiary/aromatic N) is 2. The first-order chi connectivity index (χ1) is 14.6. The maximum Gasteiger partial charge on any atom is 0.226 e. The van der Waals surface area contributed by atoms with E-state index in [0.717, 1.165) is 16.9 Å². The van der Waals surface area contributed by atoms with Crippen LogP contribution in [0.2, 0.25) is 0 Å².